The predicted octanol–water partition coefficient (Wildman–Crippen LogP) is 1.59. The highest BCUT2D eigenvalue weighted by Crippen LogP contribution is 2.21. The molecule has 1 aromatic rings. The number of nitriles is 1. The van der Waals surface area contributed by atoms with E-state index in [4.69, 9.17) is 11.0 Å². The Kier molecular flexibility index (Phi) is 2.57. The molecule has 0 aromatic heterocycles. The topological polar surface area (TPSA) is 66.9 Å². The van der Waals surface area contributed by atoms with E-state index in [0.29, 0.717) is 5.56 Å². The molecule has 0 aliphatic heterocycles. The van der Waals surface area contributed by atoms with Crippen LogP contribution in [0.25, 0.3) is 0 Å². The molecule has 1 rings (SSSR count). The maximum absolute atomic E-state index is 10.8. The number of amides is 1. The van der Waals surface area contributed by atoms with Crippen molar-refractivity contribution in [2.45, 2.75) is 19.3 Å². The molecule has 0 bridgehead atoms. The van der Waals surface area contributed by atoms with Gasteiger partial charge in [0, 0.05) is 5.56 Å². The lowest BCUT2D eigenvalue weighted by Gasteiger charge is -2.15. The maximum Gasteiger partial charge on any atom is 0.248 e. The van der Waals surface area contributed by atoms with Gasteiger partial charge in [0.1, 0.15) is 0 Å². The number of carbonyl (C=O) groups excluding carboxylic acids is 1. The van der Waals surface area contributed by atoms with Crippen molar-refractivity contribution in [2.24, 2.45) is 5.73 Å². The largest absolute Gasteiger partial charge is 0.366 e. The first-order chi connectivity index (χ1) is 6.47. The summed E-state index contributed by atoms with van der Waals surface area (Å²) in [6.07, 6.45) is 0. The molecule has 0 unspecified atom stereocenters. The summed E-state index contributed by atoms with van der Waals surface area (Å²) < 4.78 is 0. The van der Waals surface area contributed by atoms with Crippen molar-refractivity contribution in [3.63, 3.8) is 0 Å². The van der Waals surface area contributed by atoms with E-state index in [1.165, 1.54) is 0 Å². The van der Waals surface area contributed by atoms with Crippen molar-refractivity contribution in [1.29, 1.82) is 5.26 Å². The highest BCUT2D eigenvalue weighted by Gasteiger charge is 2.19. The van der Waals surface area contributed by atoms with Crippen LogP contribution in [-0.4, -0.2) is 5.91 Å². The van der Waals surface area contributed by atoms with Crippen molar-refractivity contribution in [3.05, 3.63) is 35.4 Å². The third-order valence-corrected chi connectivity index (χ3v) is 2.17. The second-order valence-corrected chi connectivity index (χ2v) is 3.68. The number of primary amides is 1. The van der Waals surface area contributed by atoms with Crippen LogP contribution in [0.5, 0.6) is 0 Å². The normalized spacial score (nSPS) is 10.6. The van der Waals surface area contributed by atoms with E-state index in [0.717, 1.165) is 5.56 Å². The SMILES string of the molecule is CC(C)(C#N)c1ccc(C(N)=O)cc1. The molecule has 0 aliphatic carbocycles. The Morgan fingerprint density at radius 1 is 1.36 bits per heavy atom. The van der Waals surface area contributed by atoms with Crippen molar-refractivity contribution in [2.75, 3.05) is 0 Å². The van der Waals surface area contributed by atoms with Gasteiger partial charge < -0.3 is 5.73 Å². The van der Waals surface area contributed by atoms with Gasteiger partial charge in [0.15, 0.2) is 0 Å². The van der Waals surface area contributed by atoms with Gasteiger partial charge in [-0.15, -0.1) is 0 Å². The van der Waals surface area contributed by atoms with E-state index in [1.807, 2.05) is 13.8 Å². The lowest BCUT2D eigenvalue weighted by atomic mass is 9.86. The minimum absolute atomic E-state index is 0.452. The lowest BCUT2D eigenvalue weighted by molar-refractivity contribution is 0.100. The number of hydrogen-bond donors (Lipinski definition) is 1. The molecule has 0 aliphatic rings. The summed E-state index contributed by atoms with van der Waals surface area (Å²) in [6.45, 7) is 3.65. The molecule has 72 valence electrons. The van der Waals surface area contributed by atoms with Crippen LogP contribution in [0.2, 0.25) is 0 Å². The van der Waals surface area contributed by atoms with Crippen LogP contribution >= 0.6 is 0 Å². The second kappa shape index (κ2) is 3.51. The van der Waals surface area contributed by atoms with Gasteiger partial charge in [0.25, 0.3) is 0 Å². The lowest BCUT2D eigenvalue weighted by Crippen LogP contribution is -2.15. The number of benzene rings is 1. The first kappa shape index (κ1) is 10.3. The Labute approximate surface area is 83.2 Å². The van der Waals surface area contributed by atoms with Gasteiger partial charge in [-0.25, -0.2) is 0 Å². The molecule has 2 N–H and O–H groups in total. The average Bonchev–Trinajstić information content (AvgIpc) is 2.18. The molecular weight excluding hydrogens is 176 g/mol. The third-order valence-electron chi connectivity index (χ3n) is 2.17. The number of nitrogens with two attached hydrogens (primary N) is 1. The van der Waals surface area contributed by atoms with Crippen molar-refractivity contribution >= 4 is 5.91 Å². The molecule has 14 heavy (non-hydrogen) atoms. The highest BCUT2D eigenvalue weighted by molar-refractivity contribution is 5.92. The fourth-order valence-electron chi connectivity index (χ4n) is 1.12. The summed E-state index contributed by atoms with van der Waals surface area (Å²) in [6, 6.07) is 8.97. The summed E-state index contributed by atoms with van der Waals surface area (Å²) in [5.41, 5.74) is 5.91. The van der Waals surface area contributed by atoms with Crippen LogP contribution in [0.4, 0.5) is 0 Å². The van der Waals surface area contributed by atoms with Gasteiger partial charge in [0.05, 0.1) is 11.5 Å². The van der Waals surface area contributed by atoms with Crippen LogP contribution in [0, 0.1) is 11.3 Å². The number of rotatable bonds is 2. The second-order valence-electron chi connectivity index (χ2n) is 3.68. The maximum atomic E-state index is 10.8. The standard InChI is InChI=1S/C11H12N2O/c1-11(2,7-12)9-5-3-8(4-6-9)10(13)14/h3-6H,1-2H3,(H2,13,14). The minimum Gasteiger partial charge on any atom is -0.366 e. The fourth-order valence-corrected chi connectivity index (χ4v) is 1.12. The first-order valence-corrected chi connectivity index (χ1v) is 4.29. The fraction of sp³-hybridized carbons (Fsp3) is 0.273. The molecule has 3 nitrogen and oxygen atoms in total. The molecule has 1 aromatic carbocycles. The quantitative estimate of drug-likeness (QED) is 0.765. The van der Waals surface area contributed by atoms with E-state index in [1.54, 1.807) is 24.3 Å². The third kappa shape index (κ3) is 1.91. The first-order valence-electron chi connectivity index (χ1n) is 4.29. The van der Waals surface area contributed by atoms with Gasteiger partial charge in [0.2, 0.25) is 5.91 Å². The molecule has 0 atom stereocenters. The smallest absolute Gasteiger partial charge is 0.248 e. The zero-order valence-electron chi connectivity index (χ0n) is 8.24. The van der Waals surface area contributed by atoms with Crippen LogP contribution in [0.15, 0.2) is 24.3 Å². The van der Waals surface area contributed by atoms with E-state index < -0.39 is 11.3 Å². The Hall–Kier alpha value is -1.82. The predicted molar refractivity (Wildman–Crippen MR) is 53.6 cm³/mol. The minimum atomic E-state index is -0.532. The summed E-state index contributed by atoms with van der Waals surface area (Å²) in [5, 5.41) is 8.88. The summed E-state index contributed by atoms with van der Waals surface area (Å²) in [5.74, 6) is -0.452. The van der Waals surface area contributed by atoms with Gasteiger partial charge in [-0.1, -0.05) is 12.1 Å². The molecule has 0 radical (unpaired) electrons. The van der Waals surface area contributed by atoms with Gasteiger partial charge in [-0.2, -0.15) is 5.26 Å². The van der Waals surface area contributed by atoms with Crippen molar-refractivity contribution < 1.29 is 4.79 Å². The van der Waals surface area contributed by atoms with Crippen LogP contribution in [0.3, 0.4) is 0 Å². The summed E-state index contributed by atoms with van der Waals surface area (Å²) in [4.78, 5) is 10.8. The summed E-state index contributed by atoms with van der Waals surface area (Å²) >= 11 is 0. The molecule has 1 amide bonds. The molecule has 0 fully saturated rings. The Morgan fingerprint density at radius 3 is 2.21 bits per heavy atom. The Morgan fingerprint density at radius 2 is 1.86 bits per heavy atom. The summed E-state index contributed by atoms with van der Waals surface area (Å²) in [7, 11) is 0. The zero-order valence-corrected chi connectivity index (χ0v) is 8.24. The average molecular weight is 188 g/mol. The number of hydrogen-bond acceptors (Lipinski definition) is 2. The van der Waals surface area contributed by atoms with Gasteiger partial charge in [-0.05, 0) is 31.5 Å². The molecule has 3 heteroatoms. The van der Waals surface area contributed by atoms with E-state index in [2.05, 4.69) is 6.07 Å². The van der Waals surface area contributed by atoms with Crippen LogP contribution in [-0.2, 0) is 5.41 Å². The van der Waals surface area contributed by atoms with Crippen molar-refractivity contribution in [1.82, 2.24) is 0 Å². The van der Waals surface area contributed by atoms with Crippen molar-refractivity contribution in [3.8, 4) is 6.07 Å². The monoisotopic (exact) mass is 188 g/mol. The number of nitrogens with zero attached hydrogens (tertiary/aromatic N) is 1. The van der Waals surface area contributed by atoms with Crippen LogP contribution in [0.1, 0.15) is 29.8 Å². The molecule has 0 saturated carbocycles. The van der Waals surface area contributed by atoms with E-state index in [-0.39, 0.29) is 0 Å². The van der Waals surface area contributed by atoms with E-state index >= 15 is 0 Å². The number of carbonyl (C=O) groups is 1. The molecule has 0 saturated heterocycles. The zero-order chi connectivity index (χ0) is 10.8. The van der Waals surface area contributed by atoms with Gasteiger partial charge >= 0.3 is 0 Å². The molecular formula is C11H12N2O. The van der Waals surface area contributed by atoms with Gasteiger partial charge in [-0.3, -0.25) is 4.79 Å². The Balaban J connectivity index is 3.07. The van der Waals surface area contributed by atoms with Crippen LogP contribution < -0.4 is 5.73 Å². The Bertz CT molecular complexity index is 385. The highest BCUT2D eigenvalue weighted by atomic mass is 16.1. The van der Waals surface area contributed by atoms with E-state index in [9.17, 15) is 4.79 Å². The molecule has 0 heterocycles. The molecule has 0 spiro atoms.